The van der Waals surface area contributed by atoms with Crippen molar-refractivity contribution in [2.45, 2.75) is 0 Å². The summed E-state index contributed by atoms with van der Waals surface area (Å²) >= 11 is 0. The third-order valence-corrected chi connectivity index (χ3v) is 2.40. The van der Waals surface area contributed by atoms with Gasteiger partial charge in [0.2, 0.25) is 0 Å². The highest BCUT2D eigenvalue weighted by molar-refractivity contribution is 5.94. The van der Waals surface area contributed by atoms with Gasteiger partial charge in [-0.25, -0.2) is 4.98 Å². The van der Waals surface area contributed by atoms with Gasteiger partial charge in [-0.3, -0.25) is 9.48 Å². The molecule has 0 spiro atoms. The topological polar surface area (TPSA) is 80.0 Å². The summed E-state index contributed by atoms with van der Waals surface area (Å²) in [7, 11) is 1.80. The number of aryl methyl sites for hydroxylation is 1. The summed E-state index contributed by atoms with van der Waals surface area (Å²) in [6.07, 6.45) is 1.62. The molecule has 0 aliphatic carbocycles. The maximum absolute atomic E-state index is 11.6. The number of aliphatic hydroxyl groups excluding tert-OH is 1. The molecule has 2 N–H and O–H groups in total. The van der Waals surface area contributed by atoms with Crippen LogP contribution in [0.3, 0.4) is 0 Å². The predicted molar refractivity (Wildman–Crippen MR) is 65.9 cm³/mol. The minimum absolute atomic E-state index is 0.0678. The van der Waals surface area contributed by atoms with Crippen LogP contribution in [0.15, 0.2) is 30.6 Å². The van der Waals surface area contributed by atoms with Crippen LogP contribution in [0, 0.1) is 0 Å². The van der Waals surface area contributed by atoms with Crippen LogP contribution in [-0.2, 0) is 7.05 Å². The molecule has 1 aromatic heterocycles. The molecule has 0 unspecified atom stereocenters. The van der Waals surface area contributed by atoms with E-state index in [1.165, 1.54) is 0 Å². The lowest BCUT2D eigenvalue weighted by molar-refractivity contribution is 0.0945. The van der Waals surface area contributed by atoms with Crippen molar-refractivity contribution in [1.82, 2.24) is 20.1 Å². The van der Waals surface area contributed by atoms with Crippen LogP contribution in [0.2, 0.25) is 0 Å². The summed E-state index contributed by atoms with van der Waals surface area (Å²) in [5.41, 5.74) is 1.40. The van der Waals surface area contributed by atoms with E-state index in [4.69, 9.17) is 5.11 Å². The minimum Gasteiger partial charge on any atom is -0.395 e. The summed E-state index contributed by atoms with van der Waals surface area (Å²) in [4.78, 5) is 15.7. The molecule has 1 aromatic carbocycles. The van der Waals surface area contributed by atoms with E-state index < -0.39 is 0 Å². The molecule has 1 heterocycles. The van der Waals surface area contributed by atoms with E-state index in [2.05, 4.69) is 15.4 Å². The normalized spacial score (nSPS) is 10.3. The Balaban J connectivity index is 2.12. The van der Waals surface area contributed by atoms with Crippen molar-refractivity contribution in [2.75, 3.05) is 13.2 Å². The lowest BCUT2D eigenvalue weighted by Gasteiger charge is -2.03. The van der Waals surface area contributed by atoms with Gasteiger partial charge < -0.3 is 10.4 Å². The molecular weight excluding hydrogens is 232 g/mol. The first kappa shape index (κ1) is 12.3. The molecule has 94 valence electrons. The number of rotatable bonds is 4. The molecule has 0 atom stereocenters. The quantitative estimate of drug-likeness (QED) is 0.808. The largest absolute Gasteiger partial charge is 0.395 e. The summed E-state index contributed by atoms with van der Waals surface area (Å²) < 4.78 is 1.62. The molecule has 18 heavy (non-hydrogen) atoms. The smallest absolute Gasteiger partial charge is 0.251 e. The molecule has 0 radical (unpaired) electrons. The standard InChI is InChI=1S/C12H14N4O2/c1-16-8-14-11(15-16)9-2-4-10(5-3-9)12(18)13-6-7-17/h2-5,8,17H,6-7H2,1H3,(H,13,18). The number of nitrogens with zero attached hydrogens (tertiary/aromatic N) is 3. The Morgan fingerprint density at radius 3 is 2.67 bits per heavy atom. The first-order valence-electron chi connectivity index (χ1n) is 5.56. The molecule has 0 bridgehead atoms. The summed E-state index contributed by atoms with van der Waals surface area (Å²) in [6.45, 7) is 0.185. The van der Waals surface area contributed by atoms with Crippen LogP contribution < -0.4 is 5.32 Å². The van der Waals surface area contributed by atoms with Crippen LogP contribution in [0.4, 0.5) is 0 Å². The molecule has 0 saturated heterocycles. The molecule has 1 amide bonds. The Morgan fingerprint density at radius 2 is 2.11 bits per heavy atom. The van der Waals surface area contributed by atoms with Crippen molar-refractivity contribution < 1.29 is 9.90 Å². The molecule has 6 heteroatoms. The van der Waals surface area contributed by atoms with E-state index in [9.17, 15) is 4.79 Å². The number of benzene rings is 1. The minimum atomic E-state index is -0.204. The van der Waals surface area contributed by atoms with E-state index in [1.54, 1.807) is 42.3 Å². The lowest BCUT2D eigenvalue weighted by Crippen LogP contribution is -2.26. The van der Waals surface area contributed by atoms with E-state index in [1.807, 2.05) is 0 Å². The number of hydrogen-bond donors (Lipinski definition) is 2. The monoisotopic (exact) mass is 246 g/mol. The first-order valence-corrected chi connectivity index (χ1v) is 5.56. The van der Waals surface area contributed by atoms with Crippen molar-refractivity contribution in [3.8, 4) is 11.4 Å². The SMILES string of the molecule is Cn1cnc(-c2ccc(C(=O)NCCO)cc2)n1. The van der Waals surface area contributed by atoms with Gasteiger partial charge in [0.1, 0.15) is 6.33 Å². The van der Waals surface area contributed by atoms with Crippen molar-refractivity contribution in [3.05, 3.63) is 36.2 Å². The van der Waals surface area contributed by atoms with Gasteiger partial charge in [0.05, 0.1) is 6.61 Å². The second kappa shape index (κ2) is 5.42. The number of hydrogen-bond acceptors (Lipinski definition) is 4. The van der Waals surface area contributed by atoms with Gasteiger partial charge in [-0.15, -0.1) is 0 Å². The zero-order valence-electron chi connectivity index (χ0n) is 10.00. The Labute approximate surface area is 104 Å². The van der Waals surface area contributed by atoms with Gasteiger partial charge in [-0.05, 0) is 12.1 Å². The van der Waals surface area contributed by atoms with Crippen molar-refractivity contribution in [3.63, 3.8) is 0 Å². The van der Waals surface area contributed by atoms with Crippen LogP contribution >= 0.6 is 0 Å². The second-order valence-electron chi connectivity index (χ2n) is 3.80. The number of aromatic nitrogens is 3. The number of nitrogens with one attached hydrogen (secondary N) is 1. The van der Waals surface area contributed by atoms with Crippen molar-refractivity contribution in [1.29, 1.82) is 0 Å². The molecule has 2 rings (SSSR count). The van der Waals surface area contributed by atoms with E-state index >= 15 is 0 Å². The fourth-order valence-corrected chi connectivity index (χ4v) is 1.51. The molecule has 2 aromatic rings. The number of aliphatic hydroxyl groups is 1. The Hall–Kier alpha value is -2.21. The maximum Gasteiger partial charge on any atom is 0.251 e. The fraction of sp³-hybridized carbons (Fsp3) is 0.250. The second-order valence-corrected chi connectivity index (χ2v) is 3.80. The first-order chi connectivity index (χ1) is 8.70. The lowest BCUT2D eigenvalue weighted by atomic mass is 10.1. The van der Waals surface area contributed by atoms with Gasteiger partial charge in [0, 0.05) is 24.7 Å². The highest BCUT2D eigenvalue weighted by atomic mass is 16.3. The van der Waals surface area contributed by atoms with Crippen LogP contribution in [0.1, 0.15) is 10.4 Å². The van der Waals surface area contributed by atoms with Crippen LogP contribution in [-0.4, -0.2) is 38.9 Å². The van der Waals surface area contributed by atoms with E-state index in [0.717, 1.165) is 5.56 Å². The van der Waals surface area contributed by atoms with Gasteiger partial charge in [-0.2, -0.15) is 5.10 Å². The van der Waals surface area contributed by atoms with Crippen molar-refractivity contribution in [2.24, 2.45) is 7.05 Å². The number of carbonyl (C=O) groups excluding carboxylic acids is 1. The van der Waals surface area contributed by atoms with Crippen LogP contribution in [0.25, 0.3) is 11.4 Å². The van der Waals surface area contributed by atoms with Gasteiger partial charge >= 0.3 is 0 Å². The summed E-state index contributed by atoms with van der Waals surface area (Å²) in [5, 5.41) is 15.4. The van der Waals surface area contributed by atoms with E-state index in [-0.39, 0.29) is 19.1 Å². The predicted octanol–water partition coefficient (Wildman–Crippen LogP) is 0.204. The zero-order chi connectivity index (χ0) is 13.0. The average molecular weight is 246 g/mol. The fourth-order valence-electron chi connectivity index (χ4n) is 1.51. The highest BCUT2D eigenvalue weighted by Gasteiger charge is 2.06. The average Bonchev–Trinajstić information content (AvgIpc) is 2.83. The zero-order valence-corrected chi connectivity index (χ0v) is 10.00. The molecule has 0 aliphatic rings. The van der Waals surface area contributed by atoms with Gasteiger partial charge in [-0.1, -0.05) is 12.1 Å². The molecule has 0 fully saturated rings. The molecule has 0 saturated carbocycles. The third kappa shape index (κ3) is 2.72. The summed E-state index contributed by atoms with van der Waals surface area (Å²) in [5.74, 6) is 0.421. The van der Waals surface area contributed by atoms with Crippen molar-refractivity contribution >= 4 is 5.91 Å². The molecule has 0 aliphatic heterocycles. The number of amides is 1. The van der Waals surface area contributed by atoms with Gasteiger partial charge in [0.15, 0.2) is 5.82 Å². The molecule has 6 nitrogen and oxygen atoms in total. The number of carbonyl (C=O) groups is 1. The van der Waals surface area contributed by atoms with Gasteiger partial charge in [0.25, 0.3) is 5.91 Å². The Bertz CT molecular complexity index is 533. The molecular formula is C12H14N4O2. The summed E-state index contributed by atoms with van der Waals surface area (Å²) in [6, 6.07) is 7.00. The third-order valence-electron chi connectivity index (χ3n) is 2.40. The highest BCUT2D eigenvalue weighted by Crippen LogP contribution is 2.14. The maximum atomic E-state index is 11.6. The Kier molecular flexibility index (Phi) is 3.69. The van der Waals surface area contributed by atoms with Crippen LogP contribution in [0.5, 0.6) is 0 Å². The van der Waals surface area contributed by atoms with E-state index in [0.29, 0.717) is 11.4 Å². The Morgan fingerprint density at radius 1 is 1.39 bits per heavy atom.